The van der Waals surface area contributed by atoms with Crippen molar-refractivity contribution in [1.29, 1.82) is 0 Å². The maximum absolute atomic E-state index is 11.7. The number of rotatable bonds is 4. The van der Waals surface area contributed by atoms with Gasteiger partial charge in [-0.3, -0.25) is 9.59 Å². The summed E-state index contributed by atoms with van der Waals surface area (Å²) in [5.41, 5.74) is 10.6. The van der Waals surface area contributed by atoms with Crippen molar-refractivity contribution in [2.45, 2.75) is 39.2 Å². The Labute approximate surface area is 146 Å². The van der Waals surface area contributed by atoms with Crippen LogP contribution >= 0.6 is 11.6 Å². The lowest BCUT2D eigenvalue weighted by Gasteiger charge is -2.16. The average molecular weight is 359 g/mol. The van der Waals surface area contributed by atoms with Crippen LogP contribution in [0.3, 0.4) is 0 Å². The predicted octanol–water partition coefficient (Wildman–Crippen LogP) is 2.94. The molecule has 24 heavy (non-hydrogen) atoms. The summed E-state index contributed by atoms with van der Waals surface area (Å²) in [7, 11) is 1.28. The van der Waals surface area contributed by atoms with Crippen LogP contribution in [-0.2, 0) is 14.3 Å². The van der Waals surface area contributed by atoms with Gasteiger partial charge >= 0.3 is 12.1 Å². The maximum Gasteiger partial charge on any atom is 0.405 e. The van der Waals surface area contributed by atoms with E-state index in [0.717, 1.165) is 0 Å². The number of ether oxygens (including phenoxy) is 2. The second-order valence-electron chi connectivity index (χ2n) is 5.76. The van der Waals surface area contributed by atoms with E-state index in [1.165, 1.54) is 13.2 Å². The number of anilines is 1. The number of carbonyl (C=O) groups is 3. The van der Waals surface area contributed by atoms with Crippen LogP contribution in [0.2, 0.25) is 5.02 Å². The quantitative estimate of drug-likeness (QED) is 0.484. The summed E-state index contributed by atoms with van der Waals surface area (Å²) in [6.07, 6.45) is -0.590. The molecule has 0 unspecified atom stereocenters. The van der Waals surface area contributed by atoms with E-state index in [1.807, 2.05) is 0 Å². The first kappa shape index (κ1) is 21.7. The molecule has 4 N–H and O–H groups in total. The molecule has 0 aromatic heterocycles. The maximum atomic E-state index is 11.7. The first-order valence-corrected chi connectivity index (χ1v) is 7.47. The number of amides is 1. The molecule has 0 saturated heterocycles. The minimum atomic E-state index is -0.725. The lowest BCUT2D eigenvalue weighted by atomic mass is 10.0. The summed E-state index contributed by atoms with van der Waals surface area (Å²) >= 11 is 5.71. The number of Topliss-reactive ketones (excluding diaryl/α,β-unsaturated/α-hetero) is 1. The van der Waals surface area contributed by atoms with Crippen molar-refractivity contribution in [2.75, 3.05) is 12.8 Å². The molecule has 0 saturated carbocycles. The summed E-state index contributed by atoms with van der Waals surface area (Å²) in [6.45, 7) is 5.28. The van der Waals surface area contributed by atoms with E-state index in [9.17, 15) is 14.4 Å². The van der Waals surface area contributed by atoms with E-state index in [-0.39, 0.29) is 18.6 Å². The fourth-order valence-electron chi connectivity index (χ4n) is 1.54. The van der Waals surface area contributed by atoms with Crippen LogP contribution in [0.15, 0.2) is 18.2 Å². The Hall–Kier alpha value is -2.28. The molecule has 0 aliphatic carbocycles. The highest BCUT2D eigenvalue weighted by molar-refractivity contribution is 6.31. The van der Waals surface area contributed by atoms with Crippen LogP contribution in [0, 0.1) is 0 Å². The number of carbonyl (C=O) groups excluding carboxylic acids is 3. The highest BCUT2D eigenvalue weighted by Gasteiger charge is 2.13. The number of nitrogen functional groups attached to an aromatic ring is 1. The number of halogens is 1. The number of primary amides is 1. The number of esters is 1. The molecule has 1 amide bonds. The van der Waals surface area contributed by atoms with E-state index in [2.05, 4.69) is 9.47 Å². The highest BCUT2D eigenvalue weighted by atomic mass is 35.5. The van der Waals surface area contributed by atoms with Crippen LogP contribution in [-0.4, -0.2) is 30.6 Å². The van der Waals surface area contributed by atoms with Crippen molar-refractivity contribution < 1.29 is 23.9 Å². The second kappa shape index (κ2) is 9.77. The van der Waals surface area contributed by atoms with Gasteiger partial charge in [0.2, 0.25) is 0 Å². The third-order valence-electron chi connectivity index (χ3n) is 2.50. The smallest absolute Gasteiger partial charge is 0.405 e. The lowest BCUT2D eigenvalue weighted by molar-refractivity contribution is -0.140. The zero-order chi connectivity index (χ0) is 18.9. The van der Waals surface area contributed by atoms with Crippen molar-refractivity contribution in [3.05, 3.63) is 28.8 Å². The van der Waals surface area contributed by atoms with Gasteiger partial charge in [-0.05, 0) is 39.0 Å². The average Bonchev–Trinajstić information content (AvgIpc) is 2.42. The first-order valence-electron chi connectivity index (χ1n) is 7.09. The van der Waals surface area contributed by atoms with Gasteiger partial charge in [0.05, 0.1) is 13.5 Å². The summed E-state index contributed by atoms with van der Waals surface area (Å²) < 4.78 is 9.02. The van der Waals surface area contributed by atoms with Gasteiger partial charge in [0.25, 0.3) is 0 Å². The predicted molar refractivity (Wildman–Crippen MR) is 91.9 cm³/mol. The largest absolute Gasteiger partial charge is 0.469 e. The summed E-state index contributed by atoms with van der Waals surface area (Å²) in [4.78, 5) is 32.5. The van der Waals surface area contributed by atoms with Gasteiger partial charge in [0, 0.05) is 22.7 Å². The Balaban J connectivity index is 0.000000561. The second-order valence-corrected chi connectivity index (χ2v) is 6.20. The molecule has 0 spiro atoms. The minimum Gasteiger partial charge on any atom is -0.469 e. The SMILES string of the molecule is CC(C)(C)OC(N)=O.COC(=O)CCC(=O)c1ccc(Cl)cc1N. The standard InChI is InChI=1S/C11H12ClNO3.C5H11NO2/c1-16-11(15)5-4-10(14)8-3-2-7(12)6-9(8)13;1-5(2,3)8-4(6)7/h2-3,6H,4-5,13H2,1H3;1-3H3,(H2,6,7). The third kappa shape index (κ3) is 9.68. The molecule has 134 valence electrons. The Bertz CT molecular complexity index is 597. The van der Waals surface area contributed by atoms with Gasteiger partial charge in [0.15, 0.2) is 5.78 Å². The number of methoxy groups -OCH3 is 1. The minimum absolute atomic E-state index is 0.0530. The Morgan fingerprint density at radius 2 is 1.75 bits per heavy atom. The van der Waals surface area contributed by atoms with Gasteiger partial charge in [-0.15, -0.1) is 0 Å². The molecule has 8 heteroatoms. The fourth-order valence-corrected chi connectivity index (χ4v) is 1.72. The van der Waals surface area contributed by atoms with E-state index >= 15 is 0 Å². The van der Waals surface area contributed by atoms with Crippen molar-refractivity contribution in [3.63, 3.8) is 0 Å². The molecule has 1 rings (SSSR count). The third-order valence-corrected chi connectivity index (χ3v) is 2.74. The zero-order valence-corrected chi connectivity index (χ0v) is 15.0. The topological polar surface area (TPSA) is 122 Å². The van der Waals surface area contributed by atoms with Crippen molar-refractivity contribution in [1.82, 2.24) is 0 Å². The summed E-state index contributed by atoms with van der Waals surface area (Å²) in [5.74, 6) is -0.611. The zero-order valence-electron chi connectivity index (χ0n) is 14.2. The molecule has 0 bridgehead atoms. The van der Waals surface area contributed by atoms with Gasteiger partial charge < -0.3 is 20.9 Å². The molecule has 0 aliphatic heterocycles. The molecule has 0 aliphatic rings. The normalized spacial score (nSPS) is 10.2. The Morgan fingerprint density at radius 3 is 2.12 bits per heavy atom. The van der Waals surface area contributed by atoms with E-state index in [0.29, 0.717) is 16.3 Å². The number of hydrogen-bond donors (Lipinski definition) is 2. The molecule has 0 heterocycles. The van der Waals surface area contributed by atoms with Crippen molar-refractivity contribution in [3.8, 4) is 0 Å². The van der Waals surface area contributed by atoms with Crippen molar-refractivity contribution in [2.24, 2.45) is 5.73 Å². The summed E-state index contributed by atoms with van der Waals surface area (Å²) in [5, 5.41) is 0.474. The van der Waals surface area contributed by atoms with E-state index in [1.54, 1.807) is 32.9 Å². The monoisotopic (exact) mass is 358 g/mol. The molecule has 1 aromatic rings. The number of nitrogens with two attached hydrogens (primary N) is 2. The number of hydrogen-bond acceptors (Lipinski definition) is 6. The molecule has 0 radical (unpaired) electrons. The fraction of sp³-hybridized carbons (Fsp3) is 0.438. The summed E-state index contributed by atoms with van der Waals surface area (Å²) in [6, 6.07) is 4.65. The van der Waals surface area contributed by atoms with Crippen LogP contribution in [0.25, 0.3) is 0 Å². The van der Waals surface area contributed by atoms with Crippen LogP contribution in [0.5, 0.6) is 0 Å². The molecule has 1 aromatic carbocycles. The molecular weight excluding hydrogens is 336 g/mol. The van der Waals surface area contributed by atoms with Gasteiger partial charge in [-0.1, -0.05) is 11.6 Å². The lowest BCUT2D eigenvalue weighted by Crippen LogP contribution is -2.27. The molecule has 0 atom stereocenters. The van der Waals surface area contributed by atoms with Gasteiger partial charge in [0.1, 0.15) is 5.60 Å². The number of ketones is 1. The van der Waals surface area contributed by atoms with Crippen LogP contribution in [0.1, 0.15) is 44.0 Å². The molecular formula is C16H23ClN2O5. The first-order chi connectivity index (χ1) is 11.0. The van der Waals surface area contributed by atoms with Crippen LogP contribution in [0.4, 0.5) is 10.5 Å². The Morgan fingerprint density at radius 1 is 1.17 bits per heavy atom. The van der Waals surface area contributed by atoms with Crippen molar-refractivity contribution >= 4 is 35.1 Å². The van der Waals surface area contributed by atoms with Gasteiger partial charge in [-0.2, -0.15) is 0 Å². The van der Waals surface area contributed by atoms with Gasteiger partial charge in [-0.25, -0.2) is 4.79 Å². The number of benzene rings is 1. The Kier molecular flexibility index (Phi) is 8.84. The molecule has 7 nitrogen and oxygen atoms in total. The van der Waals surface area contributed by atoms with Crippen LogP contribution < -0.4 is 11.5 Å². The highest BCUT2D eigenvalue weighted by Crippen LogP contribution is 2.19. The van der Waals surface area contributed by atoms with E-state index in [4.69, 9.17) is 23.1 Å². The van der Waals surface area contributed by atoms with E-state index < -0.39 is 17.7 Å². The molecule has 0 fully saturated rings.